The monoisotopic (exact) mass is 170 g/mol. The topological polar surface area (TPSA) is 35.0 Å². The average molecular weight is 170 g/mol. The predicted octanol–water partition coefficient (Wildman–Crippen LogP) is 1.72. The summed E-state index contributed by atoms with van der Waals surface area (Å²) in [4.78, 5) is 0. The van der Waals surface area contributed by atoms with Crippen molar-refractivity contribution in [3.63, 3.8) is 0 Å². The van der Waals surface area contributed by atoms with Crippen molar-refractivity contribution in [1.29, 1.82) is 0 Å². The van der Waals surface area contributed by atoms with Gasteiger partial charge in [-0.25, -0.2) is 0 Å². The molecule has 0 aromatic carbocycles. The maximum atomic E-state index is 5.39. The van der Waals surface area contributed by atoms with Gasteiger partial charge in [-0.2, -0.15) is 4.37 Å². The number of hydrogen-bond acceptors (Lipinski definition) is 4. The zero-order chi connectivity index (χ0) is 7.52. The molecule has 1 fully saturated rings. The van der Waals surface area contributed by atoms with Gasteiger partial charge in [0, 0.05) is 0 Å². The lowest BCUT2D eigenvalue weighted by molar-refractivity contribution is 0.176. The molecule has 3 nitrogen and oxygen atoms in total. The molecule has 0 spiro atoms. The summed E-state index contributed by atoms with van der Waals surface area (Å²) < 4.78 is 13.2. The van der Waals surface area contributed by atoms with Crippen LogP contribution in [-0.2, 0) is 0 Å². The number of nitrogens with zero attached hydrogens (tertiary/aromatic N) is 2. The minimum absolute atomic E-state index is 0.682. The van der Waals surface area contributed by atoms with Crippen LogP contribution in [0.5, 0.6) is 5.88 Å². The first kappa shape index (κ1) is 7.03. The molecule has 0 saturated heterocycles. The largest absolute Gasteiger partial charge is 0.476 e. The van der Waals surface area contributed by atoms with Crippen molar-refractivity contribution in [1.82, 2.24) is 8.75 Å². The van der Waals surface area contributed by atoms with Crippen molar-refractivity contribution >= 4 is 11.7 Å². The Labute approximate surface area is 69.7 Å². The highest BCUT2D eigenvalue weighted by molar-refractivity contribution is 6.99. The zero-order valence-corrected chi connectivity index (χ0v) is 7.01. The number of hydrogen-bond donors (Lipinski definition) is 0. The van der Waals surface area contributed by atoms with Crippen LogP contribution in [0.2, 0.25) is 0 Å². The van der Waals surface area contributed by atoms with Crippen LogP contribution >= 0.6 is 11.7 Å². The van der Waals surface area contributed by atoms with E-state index < -0.39 is 0 Å². The molecule has 1 saturated carbocycles. The molecule has 0 aliphatic heterocycles. The summed E-state index contributed by atoms with van der Waals surface area (Å²) in [5.74, 6) is 1.46. The summed E-state index contributed by atoms with van der Waals surface area (Å²) in [6.07, 6.45) is 5.67. The van der Waals surface area contributed by atoms with E-state index in [0.29, 0.717) is 5.88 Å². The molecule has 0 atom stereocenters. The smallest absolute Gasteiger partial charge is 0.245 e. The Bertz CT molecular complexity index is 208. The molecule has 4 heteroatoms. The van der Waals surface area contributed by atoms with E-state index in [1.165, 1.54) is 31.0 Å². The molecule has 0 bridgehead atoms. The van der Waals surface area contributed by atoms with Crippen LogP contribution in [-0.4, -0.2) is 15.4 Å². The lowest BCUT2D eigenvalue weighted by atomic mass is 9.86. The van der Waals surface area contributed by atoms with Gasteiger partial charge in [-0.15, -0.1) is 4.37 Å². The van der Waals surface area contributed by atoms with E-state index in [1.807, 2.05) is 0 Å². The minimum Gasteiger partial charge on any atom is -0.476 e. The van der Waals surface area contributed by atoms with Crippen molar-refractivity contribution in [2.45, 2.75) is 19.3 Å². The van der Waals surface area contributed by atoms with Crippen molar-refractivity contribution < 1.29 is 4.74 Å². The van der Waals surface area contributed by atoms with Gasteiger partial charge >= 0.3 is 0 Å². The van der Waals surface area contributed by atoms with Crippen molar-refractivity contribution in [2.24, 2.45) is 5.92 Å². The highest BCUT2D eigenvalue weighted by Crippen LogP contribution is 2.26. The van der Waals surface area contributed by atoms with Crippen LogP contribution in [0.1, 0.15) is 19.3 Å². The Kier molecular flexibility index (Phi) is 2.03. The zero-order valence-electron chi connectivity index (χ0n) is 6.19. The quantitative estimate of drug-likeness (QED) is 0.692. The van der Waals surface area contributed by atoms with E-state index in [9.17, 15) is 0 Å². The van der Waals surface area contributed by atoms with Gasteiger partial charge in [0.05, 0.1) is 18.3 Å². The molecule has 60 valence electrons. The third-order valence-electron chi connectivity index (χ3n) is 2.03. The van der Waals surface area contributed by atoms with Gasteiger partial charge in [-0.1, -0.05) is 6.42 Å². The highest BCUT2D eigenvalue weighted by Gasteiger charge is 2.18. The lowest BCUT2D eigenvalue weighted by Crippen LogP contribution is -2.19. The first-order valence-corrected chi connectivity index (χ1v) is 4.58. The molecule has 1 heterocycles. The van der Waals surface area contributed by atoms with E-state index in [2.05, 4.69) is 8.75 Å². The van der Waals surface area contributed by atoms with Crippen LogP contribution in [0, 0.1) is 5.92 Å². The van der Waals surface area contributed by atoms with Crippen LogP contribution in [0.4, 0.5) is 0 Å². The molecular weight excluding hydrogens is 160 g/mol. The first-order valence-electron chi connectivity index (χ1n) is 3.85. The van der Waals surface area contributed by atoms with Gasteiger partial charge in [-0.05, 0) is 18.8 Å². The summed E-state index contributed by atoms with van der Waals surface area (Å²) in [5.41, 5.74) is 0. The molecule has 0 N–H and O–H groups in total. The number of aromatic nitrogens is 2. The van der Waals surface area contributed by atoms with Gasteiger partial charge in [-0.3, -0.25) is 0 Å². The fourth-order valence-corrected chi connectivity index (χ4v) is 1.45. The molecule has 0 radical (unpaired) electrons. The first-order chi connectivity index (χ1) is 5.45. The Morgan fingerprint density at radius 3 is 3.09 bits per heavy atom. The fraction of sp³-hybridized carbons (Fsp3) is 0.714. The molecule has 2 rings (SSSR count). The van der Waals surface area contributed by atoms with Gasteiger partial charge < -0.3 is 4.74 Å². The maximum Gasteiger partial charge on any atom is 0.245 e. The van der Waals surface area contributed by atoms with Crippen LogP contribution in [0.15, 0.2) is 6.20 Å². The van der Waals surface area contributed by atoms with E-state index in [-0.39, 0.29) is 0 Å². The number of ether oxygens (including phenoxy) is 1. The molecule has 1 aliphatic rings. The minimum atomic E-state index is 0.682. The third kappa shape index (κ3) is 1.68. The summed E-state index contributed by atoms with van der Waals surface area (Å²) in [6.45, 7) is 0.825. The molecule has 1 aromatic heterocycles. The molecule has 1 aromatic rings. The predicted molar refractivity (Wildman–Crippen MR) is 42.7 cm³/mol. The maximum absolute atomic E-state index is 5.39. The summed E-state index contributed by atoms with van der Waals surface area (Å²) in [6, 6.07) is 0. The molecular formula is C7H10N2OS. The van der Waals surface area contributed by atoms with Crippen LogP contribution in [0.25, 0.3) is 0 Å². The lowest BCUT2D eigenvalue weighted by Gasteiger charge is -2.24. The SMILES string of the molecule is c1nsnc1OCC1CCC1. The number of rotatable bonds is 3. The van der Waals surface area contributed by atoms with E-state index in [0.717, 1.165) is 12.5 Å². The molecule has 1 aliphatic carbocycles. The normalized spacial score (nSPS) is 17.8. The van der Waals surface area contributed by atoms with Gasteiger partial charge in [0.15, 0.2) is 0 Å². The Morgan fingerprint density at radius 1 is 1.64 bits per heavy atom. The van der Waals surface area contributed by atoms with Crippen molar-refractivity contribution in [2.75, 3.05) is 6.61 Å². The van der Waals surface area contributed by atoms with Crippen LogP contribution in [0.3, 0.4) is 0 Å². The summed E-state index contributed by atoms with van der Waals surface area (Å²) in [5, 5.41) is 0. The van der Waals surface area contributed by atoms with Crippen molar-refractivity contribution in [3.05, 3.63) is 6.20 Å². The molecule has 11 heavy (non-hydrogen) atoms. The van der Waals surface area contributed by atoms with E-state index in [1.54, 1.807) is 6.20 Å². The van der Waals surface area contributed by atoms with E-state index >= 15 is 0 Å². The molecule has 0 unspecified atom stereocenters. The van der Waals surface area contributed by atoms with Crippen molar-refractivity contribution in [3.8, 4) is 5.88 Å². The van der Waals surface area contributed by atoms with E-state index in [4.69, 9.17) is 4.74 Å². The molecule has 0 amide bonds. The highest BCUT2D eigenvalue weighted by atomic mass is 32.1. The third-order valence-corrected chi connectivity index (χ3v) is 2.49. The second-order valence-electron chi connectivity index (χ2n) is 2.85. The second kappa shape index (κ2) is 3.17. The van der Waals surface area contributed by atoms with Gasteiger partial charge in [0.25, 0.3) is 0 Å². The second-order valence-corrected chi connectivity index (χ2v) is 3.41. The standard InChI is InChI=1S/C7H10N2OS/c1-2-6(3-1)5-10-7-4-8-11-9-7/h4,6H,1-3,5H2. The summed E-state index contributed by atoms with van der Waals surface area (Å²) >= 11 is 1.19. The Morgan fingerprint density at radius 2 is 2.55 bits per heavy atom. The van der Waals surface area contributed by atoms with Gasteiger partial charge in [0.2, 0.25) is 5.88 Å². The average Bonchev–Trinajstić information content (AvgIpc) is 2.36. The Balaban J connectivity index is 1.74. The Hall–Kier alpha value is -0.640. The van der Waals surface area contributed by atoms with Crippen LogP contribution < -0.4 is 4.74 Å². The summed E-state index contributed by atoms with van der Waals surface area (Å²) in [7, 11) is 0. The van der Waals surface area contributed by atoms with Gasteiger partial charge in [0.1, 0.15) is 6.20 Å². The fourth-order valence-electron chi connectivity index (χ4n) is 1.08.